The molecule has 2 aromatic heterocycles. The van der Waals surface area contributed by atoms with Crippen molar-refractivity contribution in [2.75, 3.05) is 39.0 Å². The fourth-order valence-electron chi connectivity index (χ4n) is 4.39. The molecule has 2 atom stereocenters. The fourth-order valence-corrected chi connectivity index (χ4v) is 6.53. The molecule has 2 fully saturated rings. The summed E-state index contributed by atoms with van der Waals surface area (Å²) in [6.45, 7) is 3.52. The van der Waals surface area contributed by atoms with Gasteiger partial charge in [-0.15, -0.1) is 0 Å². The highest BCUT2D eigenvalue weighted by Crippen LogP contribution is 2.37. The van der Waals surface area contributed by atoms with Gasteiger partial charge in [0.15, 0.2) is 11.0 Å². The van der Waals surface area contributed by atoms with Crippen molar-refractivity contribution >= 4 is 27.7 Å². The summed E-state index contributed by atoms with van der Waals surface area (Å²) in [5.74, 6) is -0.0306. The third-order valence-electron chi connectivity index (χ3n) is 6.12. The number of ether oxygens (including phenoxy) is 1. The third-order valence-corrected chi connectivity index (χ3v) is 8.42. The number of pyridine rings is 1. The van der Waals surface area contributed by atoms with Gasteiger partial charge in [0.1, 0.15) is 11.5 Å². The molecule has 0 radical (unpaired) electrons. The number of rotatable bonds is 5. The predicted molar refractivity (Wildman–Crippen MR) is 116 cm³/mol. The van der Waals surface area contributed by atoms with Gasteiger partial charge >= 0.3 is 6.09 Å². The molecule has 0 saturated carbocycles. The van der Waals surface area contributed by atoms with Crippen LogP contribution in [0.15, 0.2) is 18.3 Å². The van der Waals surface area contributed by atoms with Crippen LogP contribution in [0.25, 0.3) is 11.5 Å². The molecule has 0 unspecified atom stereocenters. The molecule has 4 heterocycles. The molecule has 12 heteroatoms. The highest BCUT2D eigenvalue weighted by Gasteiger charge is 2.39. The average molecular weight is 486 g/mol. The summed E-state index contributed by atoms with van der Waals surface area (Å²) in [6, 6.07) is 2.82. The molecule has 2 aliphatic heterocycles. The lowest BCUT2D eigenvalue weighted by molar-refractivity contribution is 0.0737. The number of carbonyl (C=O) groups excluding carboxylic acids is 1. The van der Waals surface area contributed by atoms with Crippen molar-refractivity contribution in [3.63, 3.8) is 0 Å². The number of likely N-dealkylation sites (tertiary alicyclic amines) is 1. The number of amides is 1. The maximum atomic E-state index is 13.1. The Labute approximate surface area is 191 Å². The van der Waals surface area contributed by atoms with Crippen molar-refractivity contribution in [1.29, 1.82) is 0 Å². The SMILES string of the molecule is COC(=O)N1CC(CS(=O)(=O)N2CC[C@@H](c3[nH]c(-c4ccc(F)cn4)nc3Cl)[C@@H](C)C2)C1. The lowest BCUT2D eigenvalue weighted by Crippen LogP contribution is -2.54. The first kappa shape index (κ1) is 22.9. The number of hydrogen-bond donors (Lipinski definition) is 1. The van der Waals surface area contributed by atoms with Crippen LogP contribution in [0, 0.1) is 17.7 Å². The average Bonchev–Trinajstić information content (AvgIpc) is 3.11. The molecule has 0 spiro atoms. The van der Waals surface area contributed by atoms with Crippen LogP contribution in [-0.2, 0) is 14.8 Å². The van der Waals surface area contributed by atoms with E-state index in [4.69, 9.17) is 11.6 Å². The molecule has 0 aliphatic carbocycles. The predicted octanol–water partition coefficient (Wildman–Crippen LogP) is 2.72. The summed E-state index contributed by atoms with van der Waals surface area (Å²) in [6.07, 6.45) is 1.28. The molecule has 174 valence electrons. The number of piperidine rings is 1. The Morgan fingerprint density at radius 2 is 2.09 bits per heavy atom. The monoisotopic (exact) mass is 485 g/mol. The Balaban J connectivity index is 1.39. The zero-order chi connectivity index (χ0) is 23.0. The van der Waals surface area contributed by atoms with Gasteiger partial charge in [0.05, 0.1) is 24.8 Å². The Morgan fingerprint density at radius 1 is 1.34 bits per heavy atom. The number of nitrogens with zero attached hydrogens (tertiary/aromatic N) is 4. The molecule has 2 aliphatic rings. The van der Waals surface area contributed by atoms with Gasteiger partial charge in [0, 0.05) is 38.0 Å². The first-order chi connectivity index (χ1) is 15.2. The third kappa shape index (κ3) is 4.60. The van der Waals surface area contributed by atoms with Crippen molar-refractivity contribution in [1.82, 2.24) is 24.2 Å². The minimum Gasteiger partial charge on any atom is -0.453 e. The van der Waals surface area contributed by atoms with Crippen LogP contribution >= 0.6 is 11.6 Å². The quantitative estimate of drug-likeness (QED) is 0.697. The summed E-state index contributed by atoms with van der Waals surface area (Å²) in [4.78, 5) is 24.5. The second kappa shape index (κ2) is 8.95. The molecule has 0 bridgehead atoms. The number of sulfonamides is 1. The van der Waals surface area contributed by atoms with Gasteiger partial charge in [-0.2, -0.15) is 0 Å². The molecule has 9 nitrogen and oxygen atoms in total. The van der Waals surface area contributed by atoms with E-state index in [1.165, 1.54) is 28.4 Å². The van der Waals surface area contributed by atoms with Crippen LogP contribution in [0.2, 0.25) is 5.15 Å². The fraction of sp³-hybridized carbons (Fsp3) is 0.550. The summed E-state index contributed by atoms with van der Waals surface area (Å²) >= 11 is 6.38. The molecule has 2 saturated heterocycles. The Bertz CT molecular complexity index is 1090. The van der Waals surface area contributed by atoms with Gasteiger partial charge < -0.3 is 14.6 Å². The van der Waals surface area contributed by atoms with Crippen LogP contribution in [0.1, 0.15) is 25.0 Å². The van der Waals surface area contributed by atoms with Crippen LogP contribution in [0.3, 0.4) is 0 Å². The first-order valence-corrected chi connectivity index (χ1v) is 12.3. The number of nitrogens with one attached hydrogen (secondary N) is 1. The van der Waals surface area contributed by atoms with E-state index in [-0.39, 0.29) is 23.5 Å². The zero-order valence-electron chi connectivity index (χ0n) is 17.8. The highest BCUT2D eigenvalue weighted by atomic mass is 35.5. The second-order valence-electron chi connectivity index (χ2n) is 8.40. The van der Waals surface area contributed by atoms with Crippen molar-refractivity contribution in [3.8, 4) is 11.5 Å². The summed E-state index contributed by atoms with van der Waals surface area (Å²) < 4.78 is 45.1. The number of aromatic amines is 1. The van der Waals surface area contributed by atoms with Gasteiger partial charge in [-0.1, -0.05) is 18.5 Å². The molecule has 4 rings (SSSR count). The van der Waals surface area contributed by atoms with Crippen molar-refractivity contribution < 1.29 is 22.3 Å². The molecule has 32 heavy (non-hydrogen) atoms. The summed E-state index contributed by atoms with van der Waals surface area (Å²) in [5.41, 5.74) is 1.22. The topological polar surface area (TPSA) is 108 Å². The number of aromatic nitrogens is 3. The molecular weight excluding hydrogens is 461 g/mol. The largest absolute Gasteiger partial charge is 0.453 e. The van der Waals surface area contributed by atoms with Crippen LogP contribution < -0.4 is 0 Å². The minimum atomic E-state index is -3.44. The number of carbonyl (C=O) groups is 1. The van der Waals surface area contributed by atoms with E-state index in [1.54, 1.807) is 0 Å². The molecular formula is C20H25ClFN5O4S. The molecule has 0 aromatic carbocycles. The van der Waals surface area contributed by atoms with E-state index in [9.17, 15) is 17.6 Å². The van der Waals surface area contributed by atoms with Crippen molar-refractivity contribution in [3.05, 3.63) is 35.0 Å². The van der Waals surface area contributed by atoms with Gasteiger partial charge in [-0.3, -0.25) is 0 Å². The zero-order valence-corrected chi connectivity index (χ0v) is 19.4. The van der Waals surface area contributed by atoms with Crippen LogP contribution in [0.5, 0.6) is 0 Å². The Morgan fingerprint density at radius 3 is 2.72 bits per heavy atom. The normalized spacial score (nSPS) is 22.6. The van der Waals surface area contributed by atoms with Gasteiger partial charge in [0.2, 0.25) is 10.0 Å². The maximum absolute atomic E-state index is 13.1. The number of hydrogen-bond acceptors (Lipinski definition) is 6. The van der Waals surface area contributed by atoms with Crippen molar-refractivity contribution in [2.24, 2.45) is 11.8 Å². The summed E-state index contributed by atoms with van der Waals surface area (Å²) in [5, 5.41) is 0.316. The molecule has 2 aromatic rings. The first-order valence-electron chi connectivity index (χ1n) is 10.4. The number of methoxy groups -OCH3 is 1. The van der Waals surface area contributed by atoms with E-state index in [2.05, 4.69) is 19.7 Å². The Kier molecular flexibility index (Phi) is 6.42. The van der Waals surface area contributed by atoms with E-state index in [0.29, 0.717) is 49.3 Å². The van der Waals surface area contributed by atoms with Gasteiger partial charge in [0.25, 0.3) is 0 Å². The van der Waals surface area contributed by atoms with Crippen molar-refractivity contribution in [2.45, 2.75) is 19.3 Å². The van der Waals surface area contributed by atoms with E-state index < -0.39 is 21.9 Å². The van der Waals surface area contributed by atoms with Crippen LogP contribution in [0.4, 0.5) is 9.18 Å². The highest BCUT2D eigenvalue weighted by molar-refractivity contribution is 7.89. The summed E-state index contributed by atoms with van der Waals surface area (Å²) in [7, 11) is -2.13. The number of halogens is 2. The number of H-pyrrole nitrogens is 1. The van der Waals surface area contributed by atoms with Gasteiger partial charge in [-0.25, -0.2) is 31.9 Å². The smallest absolute Gasteiger partial charge is 0.409 e. The second-order valence-corrected chi connectivity index (χ2v) is 10.8. The lowest BCUT2D eigenvalue weighted by Gasteiger charge is -2.40. The Hall–Kier alpha value is -2.24. The van der Waals surface area contributed by atoms with E-state index in [0.717, 1.165) is 11.9 Å². The molecule has 1 amide bonds. The maximum Gasteiger partial charge on any atom is 0.409 e. The minimum absolute atomic E-state index is 0.00849. The molecule has 1 N–H and O–H groups in total. The standard InChI is InChI=1S/C20H25ClFN5O4S/c1-12-8-27(32(29,30)11-13-9-26(10-13)20(28)31-2)6-5-15(12)17-18(21)25-19(24-17)16-4-3-14(22)7-23-16/h3-4,7,12-13,15H,5-6,8-11H2,1-2H3,(H,24,25)/t12-,15+/m0/s1. The lowest BCUT2D eigenvalue weighted by atomic mass is 9.86. The van der Waals surface area contributed by atoms with E-state index >= 15 is 0 Å². The van der Waals surface area contributed by atoms with Gasteiger partial charge in [-0.05, 0) is 24.5 Å². The van der Waals surface area contributed by atoms with E-state index in [1.807, 2.05) is 6.92 Å². The number of imidazole rings is 1. The van der Waals surface area contributed by atoms with Crippen LogP contribution in [-0.4, -0.2) is 77.7 Å².